The molecule has 0 unspecified atom stereocenters. The molecule has 2 aromatic rings. The van der Waals surface area contributed by atoms with Crippen LogP contribution in [0.25, 0.3) is 0 Å². The van der Waals surface area contributed by atoms with Crippen molar-refractivity contribution >= 4 is 27.6 Å². The van der Waals surface area contributed by atoms with Crippen LogP contribution < -0.4 is 10.0 Å². The van der Waals surface area contributed by atoms with Crippen molar-refractivity contribution < 1.29 is 22.4 Å². The molecule has 1 atom stereocenters. The van der Waals surface area contributed by atoms with Gasteiger partial charge in [-0.25, -0.2) is 17.6 Å². The van der Waals surface area contributed by atoms with Crippen LogP contribution in [0.1, 0.15) is 19.4 Å². The molecule has 33 heavy (non-hydrogen) atoms. The highest BCUT2D eigenvalue weighted by Gasteiger charge is 2.34. The van der Waals surface area contributed by atoms with E-state index in [0.717, 1.165) is 17.7 Å². The van der Waals surface area contributed by atoms with Crippen molar-refractivity contribution in [2.45, 2.75) is 31.7 Å². The predicted molar refractivity (Wildman–Crippen MR) is 124 cm³/mol. The fourth-order valence-corrected chi connectivity index (χ4v) is 5.03. The van der Waals surface area contributed by atoms with Crippen molar-refractivity contribution in [3.63, 3.8) is 0 Å². The summed E-state index contributed by atoms with van der Waals surface area (Å²) in [6, 6.07) is 11.2. The minimum Gasteiger partial charge on any atom is -0.338 e. The zero-order chi connectivity index (χ0) is 24.2. The van der Waals surface area contributed by atoms with Gasteiger partial charge in [0.2, 0.25) is 15.9 Å². The van der Waals surface area contributed by atoms with Gasteiger partial charge in [0.05, 0.1) is 0 Å². The lowest BCUT2D eigenvalue weighted by Gasteiger charge is -2.37. The van der Waals surface area contributed by atoms with Gasteiger partial charge >= 0.3 is 6.03 Å². The Morgan fingerprint density at radius 3 is 2.21 bits per heavy atom. The van der Waals surface area contributed by atoms with Gasteiger partial charge in [-0.2, -0.15) is 4.72 Å². The topological polar surface area (TPSA) is 98.8 Å². The third kappa shape index (κ3) is 6.08. The number of carbonyl (C=O) groups is 2. The number of rotatable bonds is 6. The first kappa shape index (κ1) is 24.7. The molecule has 0 radical (unpaired) electrons. The van der Waals surface area contributed by atoms with Gasteiger partial charge in [0.25, 0.3) is 0 Å². The van der Waals surface area contributed by atoms with Crippen LogP contribution in [-0.4, -0.2) is 62.4 Å². The smallest absolute Gasteiger partial charge is 0.321 e. The number of amides is 3. The summed E-state index contributed by atoms with van der Waals surface area (Å²) in [6.45, 7) is 6.54. The van der Waals surface area contributed by atoms with Crippen LogP contribution in [0.3, 0.4) is 0 Å². The number of nitrogens with zero attached hydrogens (tertiary/aromatic N) is 2. The van der Waals surface area contributed by atoms with Crippen molar-refractivity contribution in [1.29, 1.82) is 0 Å². The molecule has 1 heterocycles. The molecule has 1 aliphatic heterocycles. The van der Waals surface area contributed by atoms with Gasteiger partial charge in [0, 0.05) is 31.9 Å². The molecule has 2 N–H and O–H groups in total. The first-order chi connectivity index (χ1) is 15.6. The van der Waals surface area contributed by atoms with Crippen LogP contribution in [-0.2, 0) is 14.8 Å². The Labute approximate surface area is 193 Å². The molecule has 3 amide bonds. The number of hydrogen-bond acceptors (Lipinski definition) is 4. The van der Waals surface area contributed by atoms with Crippen LogP contribution in [0, 0.1) is 18.7 Å². The van der Waals surface area contributed by atoms with Gasteiger partial charge in [-0.15, -0.1) is 0 Å². The first-order valence-electron chi connectivity index (χ1n) is 10.8. The third-order valence-electron chi connectivity index (χ3n) is 5.49. The average molecular weight is 477 g/mol. The van der Waals surface area contributed by atoms with E-state index in [4.69, 9.17) is 0 Å². The third-order valence-corrected chi connectivity index (χ3v) is 6.96. The maximum Gasteiger partial charge on any atom is 0.321 e. The van der Waals surface area contributed by atoms with Crippen molar-refractivity contribution in [1.82, 2.24) is 14.5 Å². The highest BCUT2D eigenvalue weighted by molar-refractivity contribution is 7.89. The molecule has 0 bridgehead atoms. The lowest BCUT2D eigenvalue weighted by atomic mass is 10.0. The van der Waals surface area contributed by atoms with Gasteiger partial charge in [-0.1, -0.05) is 38.1 Å². The molecule has 1 aliphatic rings. The zero-order valence-corrected chi connectivity index (χ0v) is 19.7. The number of anilines is 1. The molecule has 0 aromatic heterocycles. The van der Waals surface area contributed by atoms with E-state index in [-0.39, 0.29) is 25.0 Å². The lowest BCUT2D eigenvalue weighted by Crippen LogP contribution is -2.57. The summed E-state index contributed by atoms with van der Waals surface area (Å²) >= 11 is 0. The molecular formula is C23H29FN4O4S. The SMILES string of the molecule is Cc1cccc(NC(=O)N2CCN(C(=O)[C@@H](NS(=O)(=O)c3ccccc3F)C(C)C)CC2)c1. The number of nitrogens with one attached hydrogen (secondary N) is 2. The van der Waals surface area contributed by atoms with E-state index in [1.165, 1.54) is 17.0 Å². The minimum atomic E-state index is -4.23. The van der Waals surface area contributed by atoms with E-state index in [1.54, 1.807) is 24.8 Å². The second-order valence-electron chi connectivity index (χ2n) is 8.39. The Morgan fingerprint density at radius 2 is 1.61 bits per heavy atom. The van der Waals surface area contributed by atoms with Crippen LogP contribution in [0.4, 0.5) is 14.9 Å². The van der Waals surface area contributed by atoms with E-state index in [0.29, 0.717) is 18.8 Å². The molecule has 0 spiro atoms. The van der Waals surface area contributed by atoms with Gasteiger partial charge < -0.3 is 15.1 Å². The lowest BCUT2D eigenvalue weighted by molar-refractivity contribution is -0.135. The number of hydrogen-bond donors (Lipinski definition) is 2. The monoisotopic (exact) mass is 476 g/mol. The number of piperazine rings is 1. The maximum atomic E-state index is 14.0. The first-order valence-corrected chi connectivity index (χ1v) is 12.2. The molecule has 0 saturated carbocycles. The van der Waals surface area contributed by atoms with Crippen LogP contribution in [0.15, 0.2) is 53.4 Å². The Bertz CT molecular complexity index is 1110. The second kappa shape index (κ2) is 10.3. The average Bonchev–Trinajstić information content (AvgIpc) is 2.77. The number of urea groups is 1. The summed E-state index contributed by atoms with van der Waals surface area (Å²) in [5.41, 5.74) is 1.72. The van der Waals surface area contributed by atoms with E-state index in [1.807, 2.05) is 25.1 Å². The molecular weight excluding hydrogens is 447 g/mol. The van der Waals surface area contributed by atoms with Crippen molar-refractivity contribution in [3.8, 4) is 0 Å². The minimum absolute atomic E-state index is 0.256. The molecule has 10 heteroatoms. The summed E-state index contributed by atoms with van der Waals surface area (Å²) in [7, 11) is -4.23. The van der Waals surface area contributed by atoms with Crippen molar-refractivity contribution in [2.24, 2.45) is 5.92 Å². The van der Waals surface area contributed by atoms with Crippen molar-refractivity contribution in [2.75, 3.05) is 31.5 Å². The van der Waals surface area contributed by atoms with Crippen molar-refractivity contribution in [3.05, 3.63) is 59.9 Å². The Balaban J connectivity index is 1.63. The highest BCUT2D eigenvalue weighted by Crippen LogP contribution is 2.18. The van der Waals surface area contributed by atoms with Gasteiger partial charge in [-0.3, -0.25) is 4.79 Å². The molecule has 1 fully saturated rings. The quantitative estimate of drug-likeness (QED) is 0.670. The molecule has 1 saturated heterocycles. The summed E-state index contributed by atoms with van der Waals surface area (Å²) in [4.78, 5) is 28.3. The van der Waals surface area contributed by atoms with Gasteiger partial charge in [-0.05, 0) is 42.7 Å². The Hall–Kier alpha value is -2.98. The van der Waals surface area contributed by atoms with Gasteiger partial charge in [0.15, 0.2) is 0 Å². The Kier molecular flexibility index (Phi) is 7.70. The molecule has 0 aliphatic carbocycles. The largest absolute Gasteiger partial charge is 0.338 e. The van der Waals surface area contributed by atoms with E-state index in [2.05, 4.69) is 10.0 Å². The zero-order valence-electron chi connectivity index (χ0n) is 18.9. The van der Waals surface area contributed by atoms with E-state index >= 15 is 0 Å². The highest BCUT2D eigenvalue weighted by atomic mass is 32.2. The number of benzene rings is 2. The van der Waals surface area contributed by atoms with Crippen LogP contribution in [0.5, 0.6) is 0 Å². The molecule has 178 valence electrons. The molecule has 8 nitrogen and oxygen atoms in total. The maximum absolute atomic E-state index is 14.0. The predicted octanol–water partition coefficient (Wildman–Crippen LogP) is 2.81. The Morgan fingerprint density at radius 1 is 0.970 bits per heavy atom. The molecule has 2 aromatic carbocycles. The van der Waals surface area contributed by atoms with Gasteiger partial charge in [0.1, 0.15) is 16.8 Å². The van der Waals surface area contributed by atoms with Crippen LogP contribution in [0.2, 0.25) is 0 Å². The fraction of sp³-hybridized carbons (Fsp3) is 0.391. The summed E-state index contributed by atoms with van der Waals surface area (Å²) in [5, 5.41) is 2.85. The fourth-order valence-electron chi connectivity index (χ4n) is 3.62. The number of halogens is 1. The number of aryl methyl sites for hydroxylation is 1. The van der Waals surface area contributed by atoms with E-state index in [9.17, 15) is 22.4 Å². The number of carbonyl (C=O) groups excluding carboxylic acids is 2. The standard InChI is InChI=1S/C23H29FN4O4S/c1-16(2)21(26-33(31,32)20-10-5-4-9-19(20)24)22(29)27-11-13-28(14-12-27)23(30)25-18-8-6-7-17(3)15-18/h4-10,15-16,21,26H,11-14H2,1-3H3,(H,25,30)/t21-/m0/s1. The van der Waals surface area contributed by atoms with Crippen LogP contribution >= 0.6 is 0 Å². The summed E-state index contributed by atoms with van der Waals surface area (Å²) in [6.07, 6.45) is 0. The normalized spacial score (nSPS) is 15.4. The number of sulfonamides is 1. The second-order valence-corrected chi connectivity index (χ2v) is 10.1. The van der Waals surface area contributed by atoms with E-state index < -0.39 is 32.7 Å². The summed E-state index contributed by atoms with van der Waals surface area (Å²) in [5.74, 6) is -1.64. The molecule has 3 rings (SSSR count). The summed E-state index contributed by atoms with van der Waals surface area (Å²) < 4.78 is 41.8.